The zero-order chi connectivity index (χ0) is 12.7. The molecule has 1 aliphatic rings. The highest BCUT2D eigenvalue weighted by molar-refractivity contribution is 5.10. The first-order valence-corrected chi connectivity index (χ1v) is 6.63. The summed E-state index contributed by atoms with van der Waals surface area (Å²) in [4.78, 5) is 0. The van der Waals surface area contributed by atoms with Crippen LogP contribution in [0.1, 0.15) is 52.9 Å². The van der Waals surface area contributed by atoms with Crippen LogP contribution in [0.2, 0.25) is 0 Å². The summed E-state index contributed by atoms with van der Waals surface area (Å²) in [6.07, 6.45) is 7.43. The van der Waals surface area contributed by atoms with Gasteiger partial charge in [-0.2, -0.15) is 0 Å². The van der Waals surface area contributed by atoms with E-state index in [1.165, 1.54) is 6.42 Å². The average molecular weight is 242 g/mol. The van der Waals surface area contributed by atoms with Crippen molar-refractivity contribution in [3.63, 3.8) is 0 Å². The maximum absolute atomic E-state index is 9.73. The van der Waals surface area contributed by atoms with Crippen molar-refractivity contribution < 1.29 is 14.6 Å². The molecule has 0 aromatic rings. The van der Waals surface area contributed by atoms with Gasteiger partial charge in [0.1, 0.15) is 0 Å². The Kier molecular flexibility index (Phi) is 6.17. The third kappa shape index (κ3) is 6.20. The lowest BCUT2D eigenvalue weighted by Gasteiger charge is -2.22. The van der Waals surface area contributed by atoms with Crippen LogP contribution in [0.4, 0.5) is 0 Å². The van der Waals surface area contributed by atoms with Gasteiger partial charge in [0.05, 0.1) is 12.2 Å². The predicted molar refractivity (Wildman–Crippen MR) is 68.8 cm³/mol. The Morgan fingerprint density at radius 3 is 2.82 bits per heavy atom. The van der Waals surface area contributed by atoms with Crippen molar-refractivity contribution in [3.8, 4) is 0 Å². The lowest BCUT2D eigenvalue weighted by atomic mass is 9.99. The number of unbranched alkanes of at least 4 members (excludes halogenated alkanes) is 1. The molecule has 1 aliphatic heterocycles. The highest BCUT2D eigenvalue weighted by Crippen LogP contribution is 2.16. The Morgan fingerprint density at radius 1 is 1.47 bits per heavy atom. The van der Waals surface area contributed by atoms with Crippen LogP contribution in [-0.2, 0) is 9.47 Å². The van der Waals surface area contributed by atoms with Gasteiger partial charge in [-0.3, -0.25) is 0 Å². The second-order valence-corrected chi connectivity index (χ2v) is 5.26. The summed E-state index contributed by atoms with van der Waals surface area (Å²) < 4.78 is 11.1. The Hall–Kier alpha value is -0.380. The van der Waals surface area contributed by atoms with Crippen molar-refractivity contribution >= 4 is 0 Å². The Labute approximate surface area is 105 Å². The van der Waals surface area contributed by atoms with Crippen LogP contribution < -0.4 is 0 Å². The minimum Gasteiger partial charge on any atom is -0.386 e. The van der Waals surface area contributed by atoms with Gasteiger partial charge < -0.3 is 14.6 Å². The number of hydrogen-bond donors (Lipinski definition) is 1. The van der Waals surface area contributed by atoms with Crippen LogP contribution in [-0.4, -0.2) is 30.2 Å². The number of allylic oxidation sites excluding steroid dienone is 1. The summed E-state index contributed by atoms with van der Waals surface area (Å²) in [5.41, 5.74) is 0.319. The van der Waals surface area contributed by atoms with E-state index in [0.29, 0.717) is 0 Å². The van der Waals surface area contributed by atoms with E-state index in [-0.39, 0.29) is 6.29 Å². The highest BCUT2D eigenvalue weighted by Gasteiger charge is 2.14. The lowest BCUT2D eigenvalue weighted by Crippen LogP contribution is -2.22. The van der Waals surface area contributed by atoms with Gasteiger partial charge >= 0.3 is 0 Å². The maximum Gasteiger partial charge on any atom is 0.157 e. The predicted octanol–water partition coefficient (Wildman–Crippen LogP) is 3.03. The van der Waals surface area contributed by atoms with Crippen LogP contribution >= 0.6 is 0 Å². The van der Waals surface area contributed by atoms with Gasteiger partial charge in [0.25, 0.3) is 0 Å². The minimum atomic E-state index is -0.701. The number of ether oxygens (including phenoxy) is 2. The van der Waals surface area contributed by atoms with Crippen molar-refractivity contribution in [1.82, 2.24) is 0 Å². The minimum absolute atomic E-state index is 0.0168. The fraction of sp³-hybridized carbons (Fsp3) is 0.857. The molecular weight excluding hydrogens is 216 g/mol. The molecule has 3 heteroatoms. The zero-order valence-corrected chi connectivity index (χ0v) is 11.4. The van der Waals surface area contributed by atoms with Crippen LogP contribution in [0.15, 0.2) is 11.6 Å². The Morgan fingerprint density at radius 2 is 2.24 bits per heavy atom. The lowest BCUT2D eigenvalue weighted by molar-refractivity contribution is -0.162. The SMILES string of the molecule is C/C(=C\CCCOC1CCCCO1)C(C)(C)O. The fourth-order valence-electron chi connectivity index (χ4n) is 1.71. The van der Waals surface area contributed by atoms with Gasteiger partial charge in [-0.25, -0.2) is 0 Å². The first-order valence-electron chi connectivity index (χ1n) is 6.63. The number of hydrogen-bond acceptors (Lipinski definition) is 3. The summed E-state index contributed by atoms with van der Waals surface area (Å²) in [5, 5.41) is 9.73. The van der Waals surface area contributed by atoms with Crippen LogP contribution in [0.25, 0.3) is 0 Å². The Bertz CT molecular complexity index is 234. The van der Waals surface area contributed by atoms with Gasteiger partial charge in [-0.1, -0.05) is 6.08 Å². The Balaban J connectivity index is 2.08. The molecule has 1 unspecified atom stereocenters. The third-order valence-corrected chi connectivity index (χ3v) is 3.21. The molecular formula is C14H26O3. The normalized spacial score (nSPS) is 22.8. The molecule has 1 saturated heterocycles. The molecule has 100 valence electrons. The van der Waals surface area contributed by atoms with E-state index in [0.717, 1.165) is 44.5 Å². The molecule has 1 heterocycles. The van der Waals surface area contributed by atoms with E-state index in [9.17, 15) is 5.11 Å². The summed E-state index contributed by atoms with van der Waals surface area (Å²) in [6.45, 7) is 7.16. The molecule has 0 aromatic heterocycles. The molecule has 0 aliphatic carbocycles. The van der Waals surface area contributed by atoms with Crippen molar-refractivity contribution in [3.05, 3.63) is 11.6 Å². The second-order valence-electron chi connectivity index (χ2n) is 5.26. The average Bonchev–Trinajstić information content (AvgIpc) is 2.28. The van der Waals surface area contributed by atoms with Gasteiger partial charge in [-0.15, -0.1) is 0 Å². The molecule has 0 bridgehead atoms. The van der Waals surface area contributed by atoms with Crippen LogP contribution in [0, 0.1) is 0 Å². The van der Waals surface area contributed by atoms with Crippen molar-refractivity contribution in [2.75, 3.05) is 13.2 Å². The largest absolute Gasteiger partial charge is 0.386 e. The summed E-state index contributed by atoms with van der Waals surface area (Å²) in [6, 6.07) is 0. The topological polar surface area (TPSA) is 38.7 Å². The fourth-order valence-corrected chi connectivity index (χ4v) is 1.71. The molecule has 1 atom stereocenters. The molecule has 0 amide bonds. The molecule has 17 heavy (non-hydrogen) atoms. The van der Waals surface area contributed by atoms with E-state index in [1.807, 2.05) is 20.8 Å². The van der Waals surface area contributed by atoms with Crippen molar-refractivity contribution in [2.24, 2.45) is 0 Å². The molecule has 1 fully saturated rings. The summed E-state index contributed by atoms with van der Waals surface area (Å²) in [7, 11) is 0. The molecule has 0 saturated carbocycles. The van der Waals surface area contributed by atoms with E-state index in [2.05, 4.69) is 6.08 Å². The molecule has 0 aromatic carbocycles. The van der Waals surface area contributed by atoms with Crippen LogP contribution in [0.3, 0.4) is 0 Å². The maximum atomic E-state index is 9.73. The zero-order valence-electron chi connectivity index (χ0n) is 11.4. The first kappa shape index (κ1) is 14.7. The van der Waals surface area contributed by atoms with Crippen LogP contribution in [0.5, 0.6) is 0 Å². The third-order valence-electron chi connectivity index (χ3n) is 3.21. The van der Waals surface area contributed by atoms with E-state index >= 15 is 0 Å². The van der Waals surface area contributed by atoms with E-state index in [1.54, 1.807) is 0 Å². The monoisotopic (exact) mass is 242 g/mol. The van der Waals surface area contributed by atoms with Gasteiger partial charge in [0.15, 0.2) is 6.29 Å². The van der Waals surface area contributed by atoms with Gasteiger partial charge in [0.2, 0.25) is 0 Å². The molecule has 1 rings (SSSR count). The van der Waals surface area contributed by atoms with E-state index in [4.69, 9.17) is 9.47 Å². The summed E-state index contributed by atoms with van der Waals surface area (Å²) in [5.74, 6) is 0. The molecule has 3 nitrogen and oxygen atoms in total. The standard InChI is InChI=1S/C14H26O3/c1-12(14(2,3)15)8-4-6-10-16-13-9-5-7-11-17-13/h8,13,15H,4-7,9-11H2,1-3H3/b12-8+. The molecule has 1 N–H and O–H groups in total. The molecule has 0 spiro atoms. The van der Waals surface area contributed by atoms with E-state index < -0.39 is 5.60 Å². The second kappa shape index (κ2) is 7.14. The smallest absolute Gasteiger partial charge is 0.157 e. The number of aliphatic hydroxyl groups is 1. The summed E-state index contributed by atoms with van der Waals surface area (Å²) >= 11 is 0. The highest BCUT2D eigenvalue weighted by atomic mass is 16.7. The van der Waals surface area contributed by atoms with Crippen molar-refractivity contribution in [2.45, 2.75) is 64.8 Å². The quantitative estimate of drug-likeness (QED) is 0.575. The van der Waals surface area contributed by atoms with Crippen molar-refractivity contribution in [1.29, 1.82) is 0 Å². The number of rotatable bonds is 6. The molecule has 0 radical (unpaired) electrons. The van der Waals surface area contributed by atoms with Gasteiger partial charge in [-0.05, 0) is 58.4 Å². The first-order chi connectivity index (χ1) is 8.00. The van der Waals surface area contributed by atoms with Gasteiger partial charge in [0, 0.05) is 6.61 Å².